The van der Waals surface area contributed by atoms with Gasteiger partial charge in [0, 0.05) is 0 Å². The SMILES string of the molecule is CC(C)(CO)N=C1OCC1=C1CCCCC1. The van der Waals surface area contributed by atoms with Crippen LogP contribution in [-0.2, 0) is 4.74 Å². The molecule has 0 atom stereocenters. The highest BCUT2D eigenvalue weighted by molar-refractivity contribution is 5.99. The maximum Gasteiger partial charge on any atom is 0.216 e. The first kappa shape index (κ1) is 11.6. The summed E-state index contributed by atoms with van der Waals surface area (Å²) in [5, 5.41) is 9.18. The molecule has 0 aromatic rings. The maximum absolute atomic E-state index is 9.18. The minimum absolute atomic E-state index is 0.0580. The number of aliphatic imine (C=N–C) groups is 1. The van der Waals surface area contributed by atoms with Crippen LogP contribution < -0.4 is 0 Å². The van der Waals surface area contributed by atoms with E-state index in [2.05, 4.69) is 4.99 Å². The van der Waals surface area contributed by atoms with Gasteiger partial charge in [0.2, 0.25) is 5.90 Å². The van der Waals surface area contributed by atoms with Crippen LogP contribution in [0.25, 0.3) is 0 Å². The van der Waals surface area contributed by atoms with Gasteiger partial charge in [0.25, 0.3) is 0 Å². The molecule has 2 fully saturated rings. The van der Waals surface area contributed by atoms with Gasteiger partial charge in [0.1, 0.15) is 6.61 Å². The summed E-state index contributed by atoms with van der Waals surface area (Å²) in [4.78, 5) is 4.48. The van der Waals surface area contributed by atoms with Gasteiger partial charge >= 0.3 is 0 Å². The van der Waals surface area contributed by atoms with Gasteiger partial charge in [0.15, 0.2) is 0 Å². The predicted octanol–water partition coefficient (Wildman–Crippen LogP) is 2.45. The molecule has 0 radical (unpaired) electrons. The molecule has 0 spiro atoms. The third-order valence-electron chi connectivity index (χ3n) is 3.29. The normalized spacial score (nSPS) is 24.3. The fourth-order valence-electron chi connectivity index (χ4n) is 2.15. The highest BCUT2D eigenvalue weighted by Gasteiger charge is 2.28. The van der Waals surface area contributed by atoms with Gasteiger partial charge in [-0.2, -0.15) is 0 Å². The first-order valence-electron chi connectivity index (χ1n) is 6.17. The van der Waals surface area contributed by atoms with Gasteiger partial charge in [-0.15, -0.1) is 0 Å². The van der Waals surface area contributed by atoms with Crippen LogP contribution in [0.2, 0.25) is 0 Å². The summed E-state index contributed by atoms with van der Waals surface area (Å²) in [6.45, 7) is 4.62. The Morgan fingerprint density at radius 2 is 1.94 bits per heavy atom. The van der Waals surface area contributed by atoms with Crippen molar-refractivity contribution in [3.63, 3.8) is 0 Å². The zero-order chi connectivity index (χ0) is 11.6. The molecule has 2 aliphatic rings. The van der Waals surface area contributed by atoms with E-state index in [9.17, 15) is 5.11 Å². The van der Waals surface area contributed by atoms with Crippen LogP contribution in [0.3, 0.4) is 0 Å². The van der Waals surface area contributed by atoms with Crippen molar-refractivity contribution in [2.75, 3.05) is 13.2 Å². The number of rotatable bonds is 2. The molecule has 0 bridgehead atoms. The Morgan fingerprint density at radius 1 is 1.25 bits per heavy atom. The standard InChI is InChI=1S/C13H21NO2/c1-13(2,9-15)14-12-11(8-16-12)10-6-4-3-5-7-10/h15H,3-9H2,1-2H3. The zero-order valence-electron chi connectivity index (χ0n) is 10.3. The minimum atomic E-state index is -0.420. The topological polar surface area (TPSA) is 41.8 Å². The van der Waals surface area contributed by atoms with Crippen molar-refractivity contribution in [2.24, 2.45) is 4.99 Å². The number of hydrogen-bond acceptors (Lipinski definition) is 3. The smallest absolute Gasteiger partial charge is 0.216 e. The molecule has 90 valence electrons. The van der Waals surface area contributed by atoms with E-state index in [0.717, 1.165) is 12.5 Å². The number of allylic oxidation sites excluding steroid dienone is 1. The van der Waals surface area contributed by atoms with Crippen molar-refractivity contribution in [2.45, 2.75) is 51.5 Å². The summed E-state index contributed by atoms with van der Waals surface area (Å²) in [7, 11) is 0. The van der Waals surface area contributed by atoms with Gasteiger partial charge in [-0.05, 0) is 39.5 Å². The lowest BCUT2D eigenvalue weighted by molar-refractivity contribution is 0.212. The Morgan fingerprint density at radius 3 is 2.44 bits per heavy atom. The summed E-state index contributed by atoms with van der Waals surface area (Å²) < 4.78 is 5.42. The fourth-order valence-corrected chi connectivity index (χ4v) is 2.15. The Hall–Kier alpha value is -0.830. The number of aliphatic hydroxyl groups is 1. The molecule has 1 saturated carbocycles. The van der Waals surface area contributed by atoms with Gasteiger partial charge < -0.3 is 9.84 Å². The molecular formula is C13H21NO2. The highest BCUT2D eigenvalue weighted by atomic mass is 16.5. The van der Waals surface area contributed by atoms with Gasteiger partial charge in [-0.25, -0.2) is 4.99 Å². The first-order chi connectivity index (χ1) is 7.62. The van der Waals surface area contributed by atoms with Crippen molar-refractivity contribution < 1.29 is 9.84 Å². The zero-order valence-corrected chi connectivity index (χ0v) is 10.3. The van der Waals surface area contributed by atoms with E-state index in [1.165, 1.54) is 43.3 Å². The third kappa shape index (κ3) is 2.46. The highest BCUT2D eigenvalue weighted by Crippen LogP contribution is 2.31. The molecule has 1 aliphatic heterocycles. The first-order valence-corrected chi connectivity index (χ1v) is 6.17. The molecule has 3 nitrogen and oxygen atoms in total. The van der Waals surface area contributed by atoms with Crippen molar-refractivity contribution in [3.05, 3.63) is 11.1 Å². The molecule has 0 unspecified atom stereocenters. The second kappa shape index (κ2) is 4.58. The Bertz CT molecular complexity index is 321. The molecule has 0 amide bonds. The average Bonchev–Trinajstić information content (AvgIpc) is 2.26. The average molecular weight is 223 g/mol. The van der Waals surface area contributed by atoms with Gasteiger partial charge in [-0.1, -0.05) is 12.0 Å². The molecule has 3 heteroatoms. The Kier molecular flexibility index (Phi) is 3.33. The molecule has 1 saturated heterocycles. The van der Waals surface area contributed by atoms with Crippen LogP contribution in [0.15, 0.2) is 16.1 Å². The summed E-state index contributed by atoms with van der Waals surface area (Å²) in [6.07, 6.45) is 6.37. The Labute approximate surface area is 97.2 Å². The summed E-state index contributed by atoms with van der Waals surface area (Å²) >= 11 is 0. The van der Waals surface area contributed by atoms with Crippen molar-refractivity contribution in [1.29, 1.82) is 0 Å². The van der Waals surface area contributed by atoms with E-state index >= 15 is 0 Å². The maximum atomic E-state index is 9.18. The van der Waals surface area contributed by atoms with Crippen LogP contribution in [0.1, 0.15) is 46.0 Å². The van der Waals surface area contributed by atoms with E-state index in [4.69, 9.17) is 4.74 Å². The van der Waals surface area contributed by atoms with Crippen LogP contribution in [0.4, 0.5) is 0 Å². The lowest BCUT2D eigenvalue weighted by Crippen LogP contribution is -2.33. The molecular weight excluding hydrogens is 202 g/mol. The van der Waals surface area contributed by atoms with Crippen LogP contribution in [-0.4, -0.2) is 29.8 Å². The molecule has 1 heterocycles. The van der Waals surface area contributed by atoms with E-state index in [0.29, 0.717) is 0 Å². The molecule has 0 aromatic heterocycles. The van der Waals surface area contributed by atoms with E-state index in [-0.39, 0.29) is 6.61 Å². The van der Waals surface area contributed by atoms with E-state index in [1.807, 2.05) is 13.8 Å². The fraction of sp³-hybridized carbons (Fsp3) is 0.769. The second-order valence-electron chi connectivity index (χ2n) is 5.32. The van der Waals surface area contributed by atoms with Crippen molar-refractivity contribution in [1.82, 2.24) is 0 Å². The number of ether oxygens (including phenoxy) is 1. The van der Waals surface area contributed by atoms with Crippen molar-refractivity contribution >= 4 is 5.90 Å². The molecule has 2 rings (SSSR count). The molecule has 1 N–H and O–H groups in total. The monoisotopic (exact) mass is 223 g/mol. The molecule has 16 heavy (non-hydrogen) atoms. The Balaban J connectivity index is 2.13. The van der Waals surface area contributed by atoms with E-state index < -0.39 is 5.54 Å². The van der Waals surface area contributed by atoms with E-state index in [1.54, 1.807) is 0 Å². The number of aliphatic hydroxyl groups excluding tert-OH is 1. The largest absolute Gasteiger partial charge is 0.473 e. The second-order valence-corrected chi connectivity index (χ2v) is 5.32. The number of nitrogens with zero attached hydrogens (tertiary/aromatic N) is 1. The lowest BCUT2D eigenvalue weighted by Gasteiger charge is -2.30. The van der Waals surface area contributed by atoms with Gasteiger partial charge in [-0.3, -0.25) is 0 Å². The van der Waals surface area contributed by atoms with Crippen LogP contribution >= 0.6 is 0 Å². The van der Waals surface area contributed by atoms with Gasteiger partial charge in [0.05, 0.1) is 17.7 Å². The molecule has 0 aromatic carbocycles. The molecule has 1 aliphatic carbocycles. The summed E-state index contributed by atoms with van der Waals surface area (Å²) in [5.74, 6) is 0.774. The number of hydrogen-bond donors (Lipinski definition) is 1. The summed E-state index contributed by atoms with van der Waals surface area (Å²) in [6, 6.07) is 0. The predicted molar refractivity (Wildman–Crippen MR) is 64.7 cm³/mol. The van der Waals surface area contributed by atoms with Crippen molar-refractivity contribution in [3.8, 4) is 0 Å². The minimum Gasteiger partial charge on any atom is -0.473 e. The van der Waals surface area contributed by atoms with Crippen LogP contribution in [0, 0.1) is 0 Å². The quantitative estimate of drug-likeness (QED) is 0.781. The van der Waals surface area contributed by atoms with Crippen LogP contribution in [0.5, 0.6) is 0 Å². The lowest BCUT2D eigenvalue weighted by atomic mass is 9.89. The third-order valence-corrected chi connectivity index (χ3v) is 3.29. The summed E-state index contributed by atoms with van der Waals surface area (Å²) in [5.41, 5.74) is 2.42.